The summed E-state index contributed by atoms with van der Waals surface area (Å²) in [6, 6.07) is 4.34. The van der Waals surface area contributed by atoms with Crippen LogP contribution in [0.25, 0.3) is 0 Å². The molecule has 1 aliphatic heterocycles. The third-order valence-electron chi connectivity index (χ3n) is 2.57. The molecular weight excluding hydrogens is 216 g/mol. The second-order valence-electron chi connectivity index (χ2n) is 5.26. The molecule has 0 N–H and O–H groups in total. The van der Waals surface area contributed by atoms with Crippen molar-refractivity contribution in [3.8, 4) is 0 Å². The molecular formula is C13H20N2S. The number of hydrogen-bond acceptors (Lipinski definition) is 3. The lowest BCUT2D eigenvalue weighted by molar-refractivity contribution is 0.802. The third kappa shape index (κ3) is 3.14. The summed E-state index contributed by atoms with van der Waals surface area (Å²) in [4.78, 5) is 8.18. The highest BCUT2D eigenvalue weighted by Crippen LogP contribution is 2.32. The van der Waals surface area contributed by atoms with Crippen LogP contribution >= 0.6 is 11.8 Å². The first-order valence-electron chi connectivity index (χ1n) is 5.95. The standard InChI is InChI=1S/C13H20N2S/c1-13(2,3)16-11-6-7-12(14-10-11)15-8-4-5-9-15/h6-7,10H,4-5,8-9H2,1-3H3. The maximum absolute atomic E-state index is 4.55. The fourth-order valence-corrected chi connectivity index (χ4v) is 2.87. The van der Waals surface area contributed by atoms with Gasteiger partial charge >= 0.3 is 0 Å². The minimum Gasteiger partial charge on any atom is -0.357 e. The van der Waals surface area contributed by atoms with Crippen molar-refractivity contribution < 1.29 is 0 Å². The monoisotopic (exact) mass is 236 g/mol. The van der Waals surface area contributed by atoms with Crippen molar-refractivity contribution in [3.05, 3.63) is 18.3 Å². The largest absolute Gasteiger partial charge is 0.357 e. The number of aromatic nitrogens is 1. The smallest absolute Gasteiger partial charge is 0.128 e. The van der Waals surface area contributed by atoms with E-state index in [4.69, 9.17) is 0 Å². The van der Waals surface area contributed by atoms with Crippen LogP contribution in [0.1, 0.15) is 33.6 Å². The van der Waals surface area contributed by atoms with Gasteiger partial charge in [-0.3, -0.25) is 0 Å². The Morgan fingerprint density at radius 3 is 2.38 bits per heavy atom. The summed E-state index contributed by atoms with van der Waals surface area (Å²) in [6.45, 7) is 9.02. The van der Waals surface area contributed by atoms with Gasteiger partial charge in [0.05, 0.1) is 0 Å². The quantitative estimate of drug-likeness (QED) is 0.730. The third-order valence-corrected chi connectivity index (χ3v) is 3.66. The average molecular weight is 236 g/mol. The fourth-order valence-electron chi connectivity index (χ4n) is 1.92. The normalized spacial score (nSPS) is 16.8. The predicted molar refractivity (Wildman–Crippen MR) is 71.3 cm³/mol. The van der Waals surface area contributed by atoms with Gasteiger partial charge in [0.15, 0.2) is 0 Å². The van der Waals surface area contributed by atoms with Crippen molar-refractivity contribution in [2.75, 3.05) is 18.0 Å². The van der Waals surface area contributed by atoms with Crippen LogP contribution in [-0.2, 0) is 0 Å². The van der Waals surface area contributed by atoms with E-state index in [0.717, 1.165) is 5.82 Å². The molecule has 2 heterocycles. The zero-order valence-electron chi connectivity index (χ0n) is 10.4. The van der Waals surface area contributed by atoms with E-state index in [1.54, 1.807) is 0 Å². The van der Waals surface area contributed by atoms with Crippen molar-refractivity contribution in [2.24, 2.45) is 0 Å². The van der Waals surface area contributed by atoms with Gasteiger partial charge in [-0.15, -0.1) is 11.8 Å². The molecule has 1 fully saturated rings. The Bertz CT molecular complexity index is 334. The lowest BCUT2D eigenvalue weighted by Crippen LogP contribution is -2.18. The van der Waals surface area contributed by atoms with E-state index >= 15 is 0 Å². The summed E-state index contributed by atoms with van der Waals surface area (Å²) in [7, 11) is 0. The average Bonchev–Trinajstić information content (AvgIpc) is 2.69. The molecule has 0 bridgehead atoms. The van der Waals surface area contributed by atoms with Crippen LogP contribution in [0.3, 0.4) is 0 Å². The van der Waals surface area contributed by atoms with Gasteiger partial charge < -0.3 is 4.90 Å². The molecule has 1 aromatic heterocycles. The van der Waals surface area contributed by atoms with E-state index in [9.17, 15) is 0 Å². The Hall–Kier alpha value is -0.700. The molecule has 88 valence electrons. The lowest BCUT2D eigenvalue weighted by atomic mass is 10.3. The van der Waals surface area contributed by atoms with Crippen LogP contribution in [0.4, 0.5) is 5.82 Å². The molecule has 0 aliphatic carbocycles. The van der Waals surface area contributed by atoms with Crippen molar-refractivity contribution in [1.29, 1.82) is 0 Å². The Morgan fingerprint density at radius 1 is 1.19 bits per heavy atom. The zero-order valence-corrected chi connectivity index (χ0v) is 11.2. The Balaban J connectivity index is 2.04. The number of pyridine rings is 1. The molecule has 0 radical (unpaired) electrons. The second kappa shape index (κ2) is 4.66. The van der Waals surface area contributed by atoms with Crippen LogP contribution in [-0.4, -0.2) is 22.8 Å². The molecule has 3 heteroatoms. The summed E-state index contributed by atoms with van der Waals surface area (Å²) in [6.07, 6.45) is 4.61. The molecule has 16 heavy (non-hydrogen) atoms. The van der Waals surface area contributed by atoms with Crippen LogP contribution in [0.15, 0.2) is 23.2 Å². The van der Waals surface area contributed by atoms with E-state index < -0.39 is 0 Å². The van der Waals surface area contributed by atoms with Gasteiger partial charge in [0.25, 0.3) is 0 Å². The predicted octanol–water partition coefficient (Wildman–Crippen LogP) is 3.57. The maximum Gasteiger partial charge on any atom is 0.128 e. The molecule has 0 spiro atoms. The fraction of sp³-hybridized carbons (Fsp3) is 0.615. The Labute approximate surface area is 102 Å². The van der Waals surface area contributed by atoms with Gasteiger partial charge in [0.1, 0.15) is 5.82 Å². The van der Waals surface area contributed by atoms with Crippen molar-refractivity contribution in [1.82, 2.24) is 4.98 Å². The van der Waals surface area contributed by atoms with Crippen molar-refractivity contribution in [3.63, 3.8) is 0 Å². The number of hydrogen-bond donors (Lipinski definition) is 0. The number of thioether (sulfide) groups is 1. The highest BCUT2D eigenvalue weighted by molar-refractivity contribution is 8.00. The maximum atomic E-state index is 4.55. The molecule has 0 atom stereocenters. The van der Waals surface area contributed by atoms with E-state index in [-0.39, 0.29) is 4.75 Å². The zero-order chi connectivity index (χ0) is 11.6. The first-order chi connectivity index (χ1) is 7.54. The van der Waals surface area contributed by atoms with Crippen molar-refractivity contribution >= 4 is 17.6 Å². The summed E-state index contributed by atoms with van der Waals surface area (Å²) in [5, 5.41) is 0. The van der Waals surface area contributed by atoms with Gasteiger partial charge in [-0.1, -0.05) is 20.8 Å². The molecule has 2 nitrogen and oxygen atoms in total. The van der Waals surface area contributed by atoms with Crippen LogP contribution in [0, 0.1) is 0 Å². The van der Waals surface area contributed by atoms with E-state index in [1.807, 2.05) is 18.0 Å². The van der Waals surface area contributed by atoms with Crippen LogP contribution < -0.4 is 4.90 Å². The molecule has 1 aromatic rings. The van der Waals surface area contributed by atoms with Gasteiger partial charge in [0, 0.05) is 28.9 Å². The minimum absolute atomic E-state index is 0.261. The Kier molecular flexibility index (Phi) is 3.43. The second-order valence-corrected chi connectivity index (χ2v) is 7.16. The molecule has 1 aliphatic rings. The Morgan fingerprint density at radius 2 is 1.88 bits per heavy atom. The van der Waals surface area contributed by atoms with Gasteiger partial charge in [-0.2, -0.15) is 0 Å². The highest BCUT2D eigenvalue weighted by Gasteiger charge is 2.15. The van der Waals surface area contributed by atoms with Crippen LogP contribution in [0.2, 0.25) is 0 Å². The molecule has 2 rings (SSSR count). The molecule has 0 unspecified atom stereocenters. The van der Waals surface area contributed by atoms with E-state index in [2.05, 4.69) is 42.8 Å². The first-order valence-corrected chi connectivity index (χ1v) is 6.76. The minimum atomic E-state index is 0.261. The van der Waals surface area contributed by atoms with Gasteiger partial charge in [0.2, 0.25) is 0 Å². The summed E-state index contributed by atoms with van der Waals surface area (Å²) in [5.74, 6) is 1.13. The van der Waals surface area contributed by atoms with E-state index in [1.165, 1.54) is 30.8 Å². The molecule has 1 saturated heterocycles. The van der Waals surface area contributed by atoms with E-state index in [0.29, 0.717) is 0 Å². The molecule has 0 amide bonds. The number of anilines is 1. The SMILES string of the molecule is CC(C)(C)Sc1ccc(N2CCCC2)nc1. The number of rotatable bonds is 2. The van der Waals surface area contributed by atoms with Crippen LogP contribution in [0.5, 0.6) is 0 Å². The molecule has 0 saturated carbocycles. The number of nitrogens with zero attached hydrogens (tertiary/aromatic N) is 2. The highest BCUT2D eigenvalue weighted by atomic mass is 32.2. The lowest BCUT2D eigenvalue weighted by Gasteiger charge is -2.19. The first kappa shape index (κ1) is 11.8. The van der Waals surface area contributed by atoms with Gasteiger partial charge in [-0.25, -0.2) is 4.98 Å². The summed E-state index contributed by atoms with van der Waals surface area (Å²) < 4.78 is 0.261. The summed E-state index contributed by atoms with van der Waals surface area (Å²) in [5.41, 5.74) is 0. The van der Waals surface area contributed by atoms with Crippen molar-refractivity contribution in [2.45, 2.75) is 43.3 Å². The topological polar surface area (TPSA) is 16.1 Å². The molecule has 0 aromatic carbocycles. The van der Waals surface area contributed by atoms with Gasteiger partial charge in [-0.05, 0) is 25.0 Å². The summed E-state index contributed by atoms with van der Waals surface area (Å²) >= 11 is 1.87.